The zero-order chi connectivity index (χ0) is 19.3. The second kappa shape index (κ2) is 8.72. The van der Waals surface area contributed by atoms with Crippen molar-refractivity contribution in [1.29, 1.82) is 0 Å². The number of halogens is 1. The molecule has 1 atom stereocenters. The van der Waals surface area contributed by atoms with Gasteiger partial charge in [-0.05, 0) is 57.0 Å². The molecule has 1 amide bonds. The van der Waals surface area contributed by atoms with Gasteiger partial charge >= 0.3 is 5.97 Å². The predicted molar refractivity (Wildman–Crippen MR) is 102 cm³/mol. The zero-order valence-corrected chi connectivity index (χ0v) is 16.0. The van der Waals surface area contributed by atoms with Gasteiger partial charge in [0.05, 0.1) is 0 Å². The van der Waals surface area contributed by atoms with Crippen LogP contribution in [0.3, 0.4) is 0 Å². The lowest BCUT2D eigenvalue weighted by atomic mass is 10.1. The Bertz CT molecular complexity index is 819. The van der Waals surface area contributed by atoms with Gasteiger partial charge in [0.15, 0.2) is 12.7 Å². The van der Waals surface area contributed by atoms with Crippen LogP contribution in [0.25, 0.3) is 0 Å². The molecule has 138 valence electrons. The third kappa shape index (κ3) is 5.49. The predicted octanol–water partition coefficient (Wildman–Crippen LogP) is 4.21. The molecule has 0 saturated heterocycles. The molecule has 0 aliphatic heterocycles. The van der Waals surface area contributed by atoms with Crippen LogP contribution in [0.2, 0.25) is 5.02 Å². The van der Waals surface area contributed by atoms with Crippen LogP contribution >= 0.6 is 11.6 Å². The number of nitrogens with one attached hydrogen (secondary N) is 1. The number of carbonyl (C=O) groups is 2. The lowest BCUT2D eigenvalue weighted by molar-refractivity contribution is -0.155. The number of esters is 1. The Balaban J connectivity index is 1.87. The Morgan fingerprint density at radius 3 is 2.50 bits per heavy atom. The Hall–Kier alpha value is -2.53. The van der Waals surface area contributed by atoms with E-state index in [0.717, 1.165) is 16.7 Å². The van der Waals surface area contributed by atoms with Crippen LogP contribution in [0.5, 0.6) is 5.75 Å². The second-order valence-electron chi connectivity index (χ2n) is 6.14. The molecule has 0 fully saturated rings. The second-order valence-corrected chi connectivity index (χ2v) is 6.57. The summed E-state index contributed by atoms with van der Waals surface area (Å²) in [5.41, 5.74) is 3.48. The van der Waals surface area contributed by atoms with Crippen LogP contribution in [0.1, 0.15) is 23.6 Å². The molecule has 0 aromatic heterocycles. The Kier molecular flexibility index (Phi) is 6.64. The average Bonchev–Trinajstić information content (AvgIpc) is 2.57. The minimum absolute atomic E-state index is 0.266. The number of benzene rings is 2. The fourth-order valence-corrected chi connectivity index (χ4v) is 2.52. The van der Waals surface area contributed by atoms with Gasteiger partial charge in [-0.1, -0.05) is 35.4 Å². The van der Waals surface area contributed by atoms with Crippen molar-refractivity contribution in [3.63, 3.8) is 0 Å². The van der Waals surface area contributed by atoms with Crippen molar-refractivity contribution in [2.75, 3.05) is 11.9 Å². The van der Waals surface area contributed by atoms with E-state index in [1.807, 2.05) is 32.9 Å². The average molecular weight is 376 g/mol. The lowest BCUT2D eigenvalue weighted by Crippen LogP contribution is -2.31. The van der Waals surface area contributed by atoms with Crippen molar-refractivity contribution < 1.29 is 19.1 Å². The van der Waals surface area contributed by atoms with Crippen LogP contribution in [-0.4, -0.2) is 24.6 Å². The maximum atomic E-state index is 12.2. The summed E-state index contributed by atoms with van der Waals surface area (Å²) in [6, 6.07) is 10.8. The van der Waals surface area contributed by atoms with E-state index >= 15 is 0 Å². The van der Waals surface area contributed by atoms with Crippen molar-refractivity contribution in [3.05, 3.63) is 58.1 Å². The Morgan fingerprint density at radius 1 is 1.08 bits per heavy atom. The normalized spacial score (nSPS) is 11.6. The number of ether oxygens (including phenoxy) is 2. The van der Waals surface area contributed by atoms with Gasteiger partial charge in [0.1, 0.15) is 5.75 Å². The zero-order valence-electron chi connectivity index (χ0n) is 15.3. The fourth-order valence-electron chi connectivity index (χ4n) is 2.35. The topological polar surface area (TPSA) is 64.6 Å². The molecule has 26 heavy (non-hydrogen) atoms. The van der Waals surface area contributed by atoms with Gasteiger partial charge < -0.3 is 14.8 Å². The van der Waals surface area contributed by atoms with Crippen molar-refractivity contribution in [3.8, 4) is 5.75 Å². The van der Waals surface area contributed by atoms with E-state index in [-0.39, 0.29) is 6.61 Å². The molecule has 2 rings (SSSR count). The molecule has 0 heterocycles. The monoisotopic (exact) mass is 375 g/mol. The van der Waals surface area contributed by atoms with E-state index in [0.29, 0.717) is 16.5 Å². The molecule has 5 nitrogen and oxygen atoms in total. The van der Waals surface area contributed by atoms with Crippen molar-refractivity contribution >= 4 is 29.2 Å². The molecule has 2 aromatic rings. The smallest absolute Gasteiger partial charge is 0.344 e. The van der Waals surface area contributed by atoms with E-state index in [1.165, 1.54) is 6.92 Å². The van der Waals surface area contributed by atoms with Gasteiger partial charge in [-0.25, -0.2) is 4.79 Å². The van der Waals surface area contributed by atoms with Crippen molar-refractivity contribution in [2.24, 2.45) is 0 Å². The summed E-state index contributed by atoms with van der Waals surface area (Å²) < 4.78 is 10.6. The molecule has 0 saturated carbocycles. The molecule has 6 heteroatoms. The summed E-state index contributed by atoms with van der Waals surface area (Å²) in [5.74, 6) is -0.440. The SMILES string of the molecule is Cc1ccc(OCC(=O)O[C@@H](C)C(=O)Nc2cc(Cl)ccc2C)c(C)c1. The number of hydrogen-bond acceptors (Lipinski definition) is 4. The molecule has 0 aliphatic rings. The highest BCUT2D eigenvalue weighted by Gasteiger charge is 2.19. The van der Waals surface area contributed by atoms with Gasteiger partial charge in [-0.15, -0.1) is 0 Å². The first-order chi connectivity index (χ1) is 12.3. The molecule has 0 aliphatic carbocycles. The molecule has 0 unspecified atom stereocenters. The van der Waals surface area contributed by atoms with Crippen LogP contribution < -0.4 is 10.1 Å². The van der Waals surface area contributed by atoms with Gasteiger partial charge in [0.2, 0.25) is 0 Å². The highest BCUT2D eigenvalue weighted by Crippen LogP contribution is 2.21. The number of aryl methyl sites for hydroxylation is 3. The van der Waals surface area contributed by atoms with E-state index in [4.69, 9.17) is 21.1 Å². The van der Waals surface area contributed by atoms with E-state index in [2.05, 4.69) is 5.32 Å². The summed E-state index contributed by atoms with van der Waals surface area (Å²) in [4.78, 5) is 24.1. The number of carbonyl (C=O) groups excluding carboxylic acids is 2. The number of anilines is 1. The van der Waals surface area contributed by atoms with Crippen LogP contribution in [-0.2, 0) is 14.3 Å². The van der Waals surface area contributed by atoms with Gasteiger partial charge in [0, 0.05) is 10.7 Å². The van der Waals surface area contributed by atoms with Crippen LogP contribution in [0.15, 0.2) is 36.4 Å². The first-order valence-corrected chi connectivity index (χ1v) is 8.60. The largest absolute Gasteiger partial charge is 0.482 e. The van der Waals surface area contributed by atoms with Gasteiger partial charge in [-0.3, -0.25) is 4.79 Å². The molecule has 2 aromatic carbocycles. The third-order valence-corrected chi connectivity index (χ3v) is 4.05. The van der Waals surface area contributed by atoms with Crippen LogP contribution in [0, 0.1) is 20.8 Å². The van der Waals surface area contributed by atoms with Crippen molar-refractivity contribution in [2.45, 2.75) is 33.8 Å². The Morgan fingerprint density at radius 2 is 1.81 bits per heavy atom. The summed E-state index contributed by atoms with van der Waals surface area (Å²) in [5, 5.41) is 3.22. The maximum Gasteiger partial charge on any atom is 0.344 e. The first kappa shape index (κ1) is 19.8. The van der Waals surface area contributed by atoms with Gasteiger partial charge in [-0.2, -0.15) is 0 Å². The summed E-state index contributed by atoms with van der Waals surface area (Å²) >= 11 is 5.93. The molecular weight excluding hydrogens is 354 g/mol. The molecule has 0 spiro atoms. The first-order valence-electron chi connectivity index (χ1n) is 8.23. The summed E-state index contributed by atoms with van der Waals surface area (Å²) in [6.07, 6.45) is -0.955. The van der Waals surface area contributed by atoms with Crippen molar-refractivity contribution in [1.82, 2.24) is 0 Å². The number of amides is 1. The molecule has 0 radical (unpaired) electrons. The van der Waals surface area contributed by atoms with E-state index < -0.39 is 18.0 Å². The Labute approximate surface area is 158 Å². The standard InChI is InChI=1S/C20H22ClNO4/c1-12-5-8-18(14(3)9-12)25-11-19(23)26-15(4)20(24)22-17-10-16(21)7-6-13(17)2/h5-10,15H,11H2,1-4H3,(H,22,24)/t15-/m0/s1. The van der Waals surface area contributed by atoms with Gasteiger partial charge in [0.25, 0.3) is 5.91 Å². The number of hydrogen-bond donors (Lipinski definition) is 1. The lowest BCUT2D eigenvalue weighted by Gasteiger charge is -2.15. The quantitative estimate of drug-likeness (QED) is 0.768. The molecule has 0 bridgehead atoms. The summed E-state index contributed by atoms with van der Waals surface area (Å²) in [7, 11) is 0. The third-order valence-electron chi connectivity index (χ3n) is 3.81. The van der Waals surface area contributed by atoms with E-state index in [9.17, 15) is 9.59 Å². The highest BCUT2D eigenvalue weighted by atomic mass is 35.5. The highest BCUT2D eigenvalue weighted by molar-refractivity contribution is 6.31. The minimum atomic E-state index is -0.955. The number of rotatable bonds is 6. The maximum absolute atomic E-state index is 12.2. The molecular formula is C20H22ClNO4. The fraction of sp³-hybridized carbons (Fsp3) is 0.300. The summed E-state index contributed by atoms with van der Waals surface area (Å²) in [6.45, 7) is 6.96. The van der Waals surface area contributed by atoms with E-state index in [1.54, 1.807) is 24.3 Å². The van der Waals surface area contributed by atoms with Crippen LogP contribution in [0.4, 0.5) is 5.69 Å². The molecule has 1 N–H and O–H groups in total. The minimum Gasteiger partial charge on any atom is -0.482 e.